The summed E-state index contributed by atoms with van der Waals surface area (Å²) in [6, 6.07) is -0.178. The molecule has 0 aromatic carbocycles. The molecule has 3 amide bonds. The minimum atomic E-state index is -0.532. The van der Waals surface area contributed by atoms with Crippen LogP contribution in [0, 0.1) is 5.92 Å². The summed E-state index contributed by atoms with van der Waals surface area (Å²) in [5.41, 5.74) is 4.97. The second-order valence-electron chi connectivity index (χ2n) is 7.10. The van der Waals surface area contributed by atoms with Gasteiger partial charge in [-0.15, -0.1) is 0 Å². The van der Waals surface area contributed by atoms with Crippen LogP contribution in [0.15, 0.2) is 0 Å². The lowest BCUT2D eigenvalue weighted by Crippen LogP contribution is -2.50. The Balaban J connectivity index is 1.60. The fourth-order valence-corrected chi connectivity index (χ4v) is 4.01. The predicted octanol–water partition coefficient (Wildman–Crippen LogP) is 1.94. The van der Waals surface area contributed by atoms with Gasteiger partial charge in [0.25, 0.3) is 5.91 Å². The molecular formula is C18H31N3O4. The number of carbonyl (C=O) groups is 3. The Morgan fingerprint density at radius 3 is 2.60 bits per heavy atom. The fraction of sp³-hybridized carbons (Fsp3) is 0.833. The highest BCUT2D eigenvalue weighted by atomic mass is 16.5. The van der Waals surface area contributed by atoms with Crippen molar-refractivity contribution >= 4 is 17.9 Å². The van der Waals surface area contributed by atoms with E-state index in [1.807, 2.05) is 4.90 Å². The number of nitrogens with zero attached hydrogens (tertiary/aromatic N) is 1. The summed E-state index contributed by atoms with van der Waals surface area (Å²) in [4.78, 5) is 36.7. The molecule has 2 aliphatic rings. The Morgan fingerprint density at radius 1 is 1.04 bits per heavy atom. The first-order valence-electron chi connectivity index (χ1n) is 9.56. The van der Waals surface area contributed by atoms with E-state index in [-0.39, 0.29) is 18.5 Å². The van der Waals surface area contributed by atoms with Crippen LogP contribution in [0.4, 0.5) is 4.79 Å². The van der Waals surface area contributed by atoms with Crippen molar-refractivity contribution in [2.45, 2.75) is 70.3 Å². The molecular weight excluding hydrogens is 322 g/mol. The van der Waals surface area contributed by atoms with Crippen molar-refractivity contribution in [2.24, 2.45) is 11.7 Å². The molecule has 2 fully saturated rings. The van der Waals surface area contributed by atoms with Crippen LogP contribution in [0.1, 0.15) is 64.2 Å². The third-order valence-corrected chi connectivity index (χ3v) is 5.28. The topological polar surface area (TPSA) is 102 Å². The van der Waals surface area contributed by atoms with E-state index in [1.54, 1.807) is 0 Å². The largest absolute Gasteiger partial charge is 0.456 e. The predicted molar refractivity (Wildman–Crippen MR) is 93.7 cm³/mol. The first kappa shape index (κ1) is 19.5. The van der Waals surface area contributed by atoms with Gasteiger partial charge in [-0.05, 0) is 44.4 Å². The number of likely N-dealkylation sites (tertiary alicyclic amines) is 1. The van der Waals surface area contributed by atoms with Gasteiger partial charge in [-0.3, -0.25) is 9.59 Å². The van der Waals surface area contributed by atoms with Crippen LogP contribution in [0.5, 0.6) is 0 Å². The van der Waals surface area contributed by atoms with E-state index >= 15 is 0 Å². The van der Waals surface area contributed by atoms with E-state index < -0.39 is 6.03 Å². The van der Waals surface area contributed by atoms with Crippen LogP contribution >= 0.6 is 0 Å². The van der Waals surface area contributed by atoms with Crippen LogP contribution in [0.2, 0.25) is 0 Å². The number of nitrogens with one attached hydrogen (secondary N) is 1. The maximum Gasteiger partial charge on any atom is 0.312 e. The minimum Gasteiger partial charge on any atom is -0.456 e. The molecule has 142 valence electrons. The molecule has 1 aliphatic heterocycles. The van der Waals surface area contributed by atoms with Gasteiger partial charge in [0.15, 0.2) is 6.61 Å². The highest BCUT2D eigenvalue weighted by molar-refractivity contribution is 5.81. The Hall–Kier alpha value is -1.79. The van der Waals surface area contributed by atoms with Crippen LogP contribution in [0.25, 0.3) is 0 Å². The standard InChI is InChI=1S/C18H31N3O4/c19-18(24)20-11-5-1-2-10-17(23)25-13-16(22)21-12-6-8-14-7-3-4-9-15(14)21/h14-15H,1-13H2,(H3,19,20,24)/t14-,15-/m1/s1. The molecule has 0 unspecified atom stereocenters. The molecule has 3 N–H and O–H groups in total. The lowest BCUT2D eigenvalue weighted by molar-refractivity contribution is -0.155. The number of esters is 1. The Labute approximate surface area is 149 Å². The summed E-state index contributed by atoms with van der Waals surface area (Å²) in [6.45, 7) is 1.18. The van der Waals surface area contributed by atoms with Crippen molar-refractivity contribution < 1.29 is 19.1 Å². The van der Waals surface area contributed by atoms with Crippen LogP contribution in [-0.4, -0.2) is 48.5 Å². The fourth-order valence-electron chi connectivity index (χ4n) is 4.01. The van der Waals surface area contributed by atoms with Gasteiger partial charge in [0.1, 0.15) is 0 Å². The smallest absolute Gasteiger partial charge is 0.312 e. The quantitative estimate of drug-likeness (QED) is 0.514. The number of ether oxygens (including phenoxy) is 1. The zero-order chi connectivity index (χ0) is 18.1. The van der Waals surface area contributed by atoms with Gasteiger partial charge in [-0.2, -0.15) is 0 Å². The summed E-state index contributed by atoms with van der Waals surface area (Å²) in [5, 5.41) is 2.51. The normalized spacial score (nSPS) is 22.8. The van der Waals surface area contributed by atoms with Crippen molar-refractivity contribution in [1.29, 1.82) is 0 Å². The molecule has 0 aromatic rings. The number of nitrogens with two attached hydrogens (primary N) is 1. The molecule has 1 aliphatic carbocycles. The van der Waals surface area contributed by atoms with Gasteiger partial charge in [0, 0.05) is 25.6 Å². The van der Waals surface area contributed by atoms with Gasteiger partial charge in [-0.25, -0.2) is 4.79 Å². The lowest BCUT2D eigenvalue weighted by atomic mass is 9.78. The molecule has 0 radical (unpaired) electrons. The number of piperidine rings is 1. The summed E-state index contributed by atoms with van der Waals surface area (Å²) in [6.07, 6.45) is 9.60. The van der Waals surface area contributed by atoms with Gasteiger partial charge >= 0.3 is 12.0 Å². The summed E-state index contributed by atoms with van der Waals surface area (Å²) in [7, 11) is 0. The number of carbonyl (C=O) groups excluding carboxylic acids is 3. The number of hydrogen-bond acceptors (Lipinski definition) is 4. The number of amides is 3. The van der Waals surface area contributed by atoms with Gasteiger partial charge in [0.05, 0.1) is 0 Å². The van der Waals surface area contributed by atoms with Crippen LogP contribution in [0.3, 0.4) is 0 Å². The van der Waals surface area contributed by atoms with Crippen molar-refractivity contribution in [2.75, 3.05) is 19.7 Å². The maximum absolute atomic E-state index is 12.4. The molecule has 1 saturated heterocycles. The first-order chi connectivity index (χ1) is 12.1. The van der Waals surface area contributed by atoms with Crippen molar-refractivity contribution in [1.82, 2.24) is 10.2 Å². The second-order valence-corrected chi connectivity index (χ2v) is 7.10. The second kappa shape index (κ2) is 10.3. The van der Waals surface area contributed by atoms with Crippen molar-refractivity contribution in [3.63, 3.8) is 0 Å². The first-order valence-corrected chi connectivity index (χ1v) is 9.56. The third kappa shape index (κ3) is 6.55. The third-order valence-electron chi connectivity index (χ3n) is 5.28. The highest BCUT2D eigenvalue weighted by Crippen LogP contribution is 2.35. The van der Waals surface area contributed by atoms with Crippen LogP contribution in [-0.2, 0) is 14.3 Å². The Morgan fingerprint density at radius 2 is 1.80 bits per heavy atom. The number of fused-ring (bicyclic) bond motifs is 1. The van der Waals surface area contributed by atoms with Gasteiger partial charge in [0.2, 0.25) is 0 Å². The SMILES string of the molecule is NC(=O)NCCCCCC(=O)OCC(=O)N1CCC[C@H]2CCCC[C@H]21. The summed E-state index contributed by atoms with van der Waals surface area (Å²) >= 11 is 0. The van der Waals surface area contributed by atoms with Gasteiger partial charge < -0.3 is 20.7 Å². The van der Waals surface area contributed by atoms with E-state index in [0.717, 1.165) is 32.2 Å². The summed E-state index contributed by atoms with van der Waals surface area (Å²) in [5.74, 6) is 0.264. The Kier molecular flexibility index (Phi) is 8.01. The van der Waals surface area contributed by atoms with Crippen LogP contribution < -0.4 is 11.1 Å². The molecule has 7 heteroatoms. The van der Waals surface area contributed by atoms with E-state index in [4.69, 9.17) is 10.5 Å². The molecule has 1 heterocycles. The zero-order valence-corrected chi connectivity index (χ0v) is 15.0. The zero-order valence-electron chi connectivity index (χ0n) is 15.0. The number of unbranched alkanes of at least 4 members (excludes halogenated alkanes) is 2. The Bertz CT molecular complexity index is 467. The number of hydrogen-bond donors (Lipinski definition) is 2. The summed E-state index contributed by atoms with van der Waals surface area (Å²) < 4.78 is 5.16. The lowest BCUT2D eigenvalue weighted by Gasteiger charge is -2.44. The average molecular weight is 353 g/mol. The van der Waals surface area contributed by atoms with E-state index in [0.29, 0.717) is 31.3 Å². The van der Waals surface area contributed by atoms with E-state index in [1.165, 1.54) is 25.7 Å². The molecule has 1 saturated carbocycles. The van der Waals surface area contributed by atoms with Crippen molar-refractivity contribution in [3.8, 4) is 0 Å². The molecule has 2 atom stereocenters. The monoisotopic (exact) mass is 353 g/mol. The van der Waals surface area contributed by atoms with E-state index in [9.17, 15) is 14.4 Å². The van der Waals surface area contributed by atoms with Gasteiger partial charge in [-0.1, -0.05) is 19.3 Å². The molecule has 25 heavy (non-hydrogen) atoms. The highest BCUT2D eigenvalue weighted by Gasteiger charge is 2.35. The number of rotatable bonds is 8. The molecule has 2 rings (SSSR count). The minimum absolute atomic E-state index is 0.0457. The molecule has 7 nitrogen and oxygen atoms in total. The van der Waals surface area contributed by atoms with E-state index in [2.05, 4.69) is 5.32 Å². The van der Waals surface area contributed by atoms with Crippen molar-refractivity contribution in [3.05, 3.63) is 0 Å². The number of primary amides is 1. The average Bonchev–Trinajstić information content (AvgIpc) is 2.61. The number of urea groups is 1. The molecule has 0 bridgehead atoms. The molecule has 0 spiro atoms. The maximum atomic E-state index is 12.4. The molecule has 0 aromatic heterocycles.